The third kappa shape index (κ3) is 3.46. The Morgan fingerprint density at radius 1 is 1.09 bits per heavy atom. The maximum atomic E-state index is 12.2. The molecule has 3 rings (SSSR count). The molecule has 1 heterocycles. The molecule has 1 aromatic heterocycles. The Bertz CT molecular complexity index is 976. The number of aromatic nitrogens is 2. The second kappa shape index (κ2) is 6.05. The molecule has 23 heavy (non-hydrogen) atoms. The SMILES string of the molecule is O=C(NS(=O)(=O)C=Cc1ccccc1)c1cccc2cn[nH]c12. The normalized spacial score (nSPS) is 11.8. The van der Waals surface area contributed by atoms with E-state index in [1.807, 2.05) is 10.8 Å². The summed E-state index contributed by atoms with van der Waals surface area (Å²) in [6, 6.07) is 13.9. The van der Waals surface area contributed by atoms with Crippen molar-refractivity contribution >= 4 is 32.9 Å². The molecule has 0 atom stereocenters. The molecule has 0 aliphatic rings. The zero-order chi connectivity index (χ0) is 16.3. The molecule has 1 amide bonds. The maximum Gasteiger partial charge on any atom is 0.267 e. The Balaban J connectivity index is 1.82. The number of rotatable bonds is 4. The van der Waals surface area contributed by atoms with Crippen LogP contribution in [0.1, 0.15) is 15.9 Å². The summed E-state index contributed by atoms with van der Waals surface area (Å²) in [5.74, 6) is -0.711. The molecule has 0 aliphatic carbocycles. The Morgan fingerprint density at radius 2 is 1.87 bits per heavy atom. The summed E-state index contributed by atoms with van der Waals surface area (Å²) in [7, 11) is -3.89. The van der Waals surface area contributed by atoms with E-state index in [4.69, 9.17) is 0 Å². The molecule has 2 aromatic carbocycles. The highest BCUT2D eigenvalue weighted by molar-refractivity contribution is 7.93. The minimum absolute atomic E-state index is 0.219. The minimum atomic E-state index is -3.89. The van der Waals surface area contributed by atoms with Crippen LogP contribution in [0.5, 0.6) is 0 Å². The van der Waals surface area contributed by atoms with Crippen molar-refractivity contribution in [3.8, 4) is 0 Å². The second-order valence-electron chi connectivity index (χ2n) is 4.83. The van der Waals surface area contributed by atoms with Crippen molar-refractivity contribution in [3.63, 3.8) is 0 Å². The average Bonchev–Trinajstić information content (AvgIpc) is 3.02. The van der Waals surface area contributed by atoms with E-state index in [0.29, 0.717) is 5.52 Å². The summed E-state index contributed by atoms with van der Waals surface area (Å²) >= 11 is 0. The monoisotopic (exact) mass is 327 g/mol. The number of H-pyrrole nitrogens is 1. The van der Waals surface area contributed by atoms with E-state index >= 15 is 0 Å². The summed E-state index contributed by atoms with van der Waals surface area (Å²) in [6.07, 6.45) is 2.99. The molecule has 7 heteroatoms. The van der Waals surface area contributed by atoms with Crippen molar-refractivity contribution in [1.82, 2.24) is 14.9 Å². The Morgan fingerprint density at radius 3 is 2.65 bits per heavy atom. The van der Waals surface area contributed by atoms with Crippen molar-refractivity contribution in [3.05, 3.63) is 71.3 Å². The number of hydrogen-bond donors (Lipinski definition) is 2. The molecule has 116 valence electrons. The molecular weight excluding hydrogens is 314 g/mol. The summed E-state index contributed by atoms with van der Waals surface area (Å²) in [5.41, 5.74) is 1.44. The summed E-state index contributed by atoms with van der Waals surface area (Å²) in [6.45, 7) is 0. The van der Waals surface area contributed by atoms with Crippen LogP contribution >= 0.6 is 0 Å². The van der Waals surface area contributed by atoms with Crippen LogP contribution in [-0.4, -0.2) is 24.5 Å². The van der Waals surface area contributed by atoms with Gasteiger partial charge in [0.25, 0.3) is 15.9 Å². The molecule has 0 radical (unpaired) electrons. The van der Waals surface area contributed by atoms with Crippen LogP contribution < -0.4 is 4.72 Å². The topological polar surface area (TPSA) is 91.9 Å². The number of aromatic amines is 1. The predicted octanol–water partition coefficient (Wildman–Crippen LogP) is 2.29. The molecule has 0 unspecified atom stereocenters. The Hall–Kier alpha value is -2.93. The first-order chi connectivity index (χ1) is 11.1. The van der Waals surface area contributed by atoms with Crippen molar-refractivity contribution in [1.29, 1.82) is 0 Å². The average molecular weight is 327 g/mol. The van der Waals surface area contributed by atoms with Crippen molar-refractivity contribution in [2.75, 3.05) is 0 Å². The molecule has 0 saturated carbocycles. The lowest BCUT2D eigenvalue weighted by atomic mass is 10.1. The molecule has 2 N–H and O–H groups in total. The lowest BCUT2D eigenvalue weighted by Crippen LogP contribution is -2.29. The third-order valence-electron chi connectivity index (χ3n) is 3.20. The second-order valence-corrected chi connectivity index (χ2v) is 6.40. The number of amides is 1. The van der Waals surface area contributed by atoms with Gasteiger partial charge in [0, 0.05) is 5.39 Å². The van der Waals surface area contributed by atoms with Gasteiger partial charge in [-0.1, -0.05) is 42.5 Å². The van der Waals surface area contributed by atoms with Gasteiger partial charge in [-0.2, -0.15) is 5.10 Å². The fraction of sp³-hybridized carbons (Fsp3) is 0. The predicted molar refractivity (Wildman–Crippen MR) is 88.0 cm³/mol. The van der Waals surface area contributed by atoms with E-state index < -0.39 is 15.9 Å². The van der Waals surface area contributed by atoms with Gasteiger partial charge in [-0.15, -0.1) is 0 Å². The smallest absolute Gasteiger partial charge is 0.267 e. The number of benzene rings is 2. The highest BCUT2D eigenvalue weighted by Crippen LogP contribution is 2.15. The molecule has 0 spiro atoms. The van der Waals surface area contributed by atoms with Crippen molar-refractivity contribution in [2.45, 2.75) is 0 Å². The number of para-hydroxylation sites is 1. The highest BCUT2D eigenvalue weighted by atomic mass is 32.2. The van der Waals surface area contributed by atoms with E-state index in [-0.39, 0.29) is 5.56 Å². The van der Waals surface area contributed by atoms with Gasteiger partial charge in [0.2, 0.25) is 0 Å². The number of nitrogens with zero attached hydrogens (tertiary/aromatic N) is 1. The summed E-state index contributed by atoms with van der Waals surface area (Å²) in [5, 5.41) is 8.23. The number of fused-ring (bicyclic) bond motifs is 1. The van der Waals surface area contributed by atoms with Gasteiger partial charge in [0.1, 0.15) is 0 Å². The fourth-order valence-corrected chi connectivity index (χ4v) is 2.88. The molecule has 0 bridgehead atoms. The van der Waals surface area contributed by atoms with Gasteiger partial charge in [-0.05, 0) is 17.7 Å². The van der Waals surface area contributed by atoms with Crippen LogP contribution in [0.15, 0.2) is 60.1 Å². The van der Waals surface area contributed by atoms with E-state index in [2.05, 4.69) is 10.2 Å². The van der Waals surface area contributed by atoms with Gasteiger partial charge in [0.05, 0.1) is 22.7 Å². The van der Waals surface area contributed by atoms with E-state index in [1.54, 1.807) is 42.6 Å². The van der Waals surface area contributed by atoms with Gasteiger partial charge < -0.3 is 0 Å². The first-order valence-corrected chi connectivity index (χ1v) is 8.32. The summed E-state index contributed by atoms with van der Waals surface area (Å²) < 4.78 is 26.1. The standard InChI is InChI=1S/C16H13N3O3S/c20-16(14-8-4-7-13-11-17-18-15(13)14)19-23(21,22)10-9-12-5-2-1-3-6-12/h1-11H,(H,17,18)(H,19,20). The van der Waals surface area contributed by atoms with E-state index in [9.17, 15) is 13.2 Å². The highest BCUT2D eigenvalue weighted by Gasteiger charge is 2.16. The fourth-order valence-electron chi connectivity index (χ4n) is 2.11. The lowest BCUT2D eigenvalue weighted by molar-refractivity contribution is 0.0983. The molecule has 0 aliphatic heterocycles. The number of hydrogen-bond acceptors (Lipinski definition) is 4. The molecular formula is C16H13N3O3S. The number of carbonyl (C=O) groups is 1. The molecule has 6 nitrogen and oxygen atoms in total. The van der Waals surface area contributed by atoms with Crippen LogP contribution in [0.4, 0.5) is 0 Å². The number of nitrogens with one attached hydrogen (secondary N) is 2. The zero-order valence-corrected chi connectivity index (χ0v) is 12.7. The Kier molecular flexibility index (Phi) is 3.94. The van der Waals surface area contributed by atoms with E-state index in [1.165, 1.54) is 12.1 Å². The first-order valence-electron chi connectivity index (χ1n) is 6.77. The van der Waals surface area contributed by atoms with Crippen LogP contribution in [0.3, 0.4) is 0 Å². The minimum Gasteiger partial charge on any atom is -0.277 e. The van der Waals surface area contributed by atoms with Crippen molar-refractivity contribution in [2.24, 2.45) is 0 Å². The number of sulfonamides is 1. The van der Waals surface area contributed by atoms with Crippen LogP contribution in [0.2, 0.25) is 0 Å². The third-order valence-corrected chi connectivity index (χ3v) is 4.16. The van der Waals surface area contributed by atoms with Gasteiger partial charge in [-0.25, -0.2) is 13.1 Å². The maximum absolute atomic E-state index is 12.2. The molecule has 0 saturated heterocycles. The number of carbonyl (C=O) groups excluding carboxylic acids is 1. The quantitative estimate of drug-likeness (QED) is 0.769. The zero-order valence-electron chi connectivity index (χ0n) is 11.9. The van der Waals surface area contributed by atoms with Crippen LogP contribution in [-0.2, 0) is 10.0 Å². The van der Waals surface area contributed by atoms with Crippen LogP contribution in [0.25, 0.3) is 17.0 Å². The van der Waals surface area contributed by atoms with Gasteiger partial charge >= 0.3 is 0 Å². The van der Waals surface area contributed by atoms with Crippen LogP contribution in [0, 0.1) is 0 Å². The lowest BCUT2D eigenvalue weighted by Gasteiger charge is -2.04. The van der Waals surface area contributed by atoms with Crippen molar-refractivity contribution < 1.29 is 13.2 Å². The molecule has 3 aromatic rings. The Labute approximate surface area is 132 Å². The summed E-state index contributed by atoms with van der Waals surface area (Å²) in [4.78, 5) is 12.2. The van der Waals surface area contributed by atoms with E-state index in [0.717, 1.165) is 16.4 Å². The van der Waals surface area contributed by atoms with Gasteiger partial charge in [0.15, 0.2) is 0 Å². The largest absolute Gasteiger partial charge is 0.277 e. The molecule has 0 fully saturated rings. The van der Waals surface area contributed by atoms with Gasteiger partial charge in [-0.3, -0.25) is 9.89 Å². The first kappa shape index (κ1) is 15.0.